The molecular formula is C22H22FN5O. The van der Waals surface area contributed by atoms with Crippen molar-refractivity contribution in [3.8, 4) is 17.0 Å². The van der Waals surface area contributed by atoms with Gasteiger partial charge in [-0.15, -0.1) is 10.2 Å². The lowest BCUT2D eigenvalue weighted by Gasteiger charge is -2.43. The van der Waals surface area contributed by atoms with Gasteiger partial charge in [-0.05, 0) is 55.3 Å². The highest BCUT2D eigenvalue weighted by Crippen LogP contribution is 2.38. The van der Waals surface area contributed by atoms with E-state index in [1.54, 1.807) is 12.1 Å². The molecule has 2 aliphatic rings. The summed E-state index contributed by atoms with van der Waals surface area (Å²) >= 11 is 0. The summed E-state index contributed by atoms with van der Waals surface area (Å²) in [5, 5.41) is 18.5. The maximum Gasteiger partial charge on any atom is 0.169 e. The number of phenols is 1. The van der Waals surface area contributed by atoms with Gasteiger partial charge in [0.05, 0.1) is 11.4 Å². The fourth-order valence-electron chi connectivity index (χ4n) is 4.60. The van der Waals surface area contributed by atoms with Crippen molar-refractivity contribution in [2.24, 2.45) is 0 Å². The topological polar surface area (TPSA) is 78.5 Å². The minimum Gasteiger partial charge on any atom is -0.507 e. The lowest BCUT2D eigenvalue weighted by Crippen LogP contribution is -2.54. The average molecular weight is 391 g/mol. The molecule has 0 spiro atoms. The van der Waals surface area contributed by atoms with E-state index in [0.717, 1.165) is 37.3 Å². The Morgan fingerprint density at radius 1 is 0.966 bits per heavy atom. The molecule has 0 radical (unpaired) electrons. The SMILES string of the molecule is Nc1nnc(-c2ccccc2O)cc1N1CC2CCC(C1)N2c1ccc(F)cc1. The molecule has 3 N–H and O–H groups in total. The molecular weight excluding hydrogens is 369 g/mol. The van der Waals surface area contributed by atoms with Crippen molar-refractivity contribution in [1.29, 1.82) is 0 Å². The van der Waals surface area contributed by atoms with Crippen LogP contribution >= 0.6 is 0 Å². The first-order valence-corrected chi connectivity index (χ1v) is 9.80. The molecule has 2 bridgehead atoms. The number of halogens is 1. The molecule has 2 aliphatic heterocycles. The molecule has 6 nitrogen and oxygen atoms in total. The van der Waals surface area contributed by atoms with Crippen molar-refractivity contribution in [3.05, 3.63) is 60.4 Å². The quantitative estimate of drug-likeness (QED) is 0.712. The van der Waals surface area contributed by atoms with E-state index in [0.29, 0.717) is 29.2 Å². The molecule has 148 valence electrons. The highest BCUT2D eigenvalue weighted by molar-refractivity contribution is 5.74. The Hall–Kier alpha value is -3.35. The zero-order valence-corrected chi connectivity index (χ0v) is 15.9. The van der Waals surface area contributed by atoms with Gasteiger partial charge in [0.1, 0.15) is 11.6 Å². The molecule has 0 saturated carbocycles. The monoisotopic (exact) mass is 391 g/mol. The summed E-state index contributed by atoms with van der Waals surface area (Å²) in [7, 11) is 0. The van der Waals surface area contributed by atoms with Gasteiger partial charge in [0.15, 0.2) is 5.82 Å². The number of para-hydroxylation sites is 1. The highest BCUT2D eigenvalue weighted by atomic mass is 19.1. The zero-order chi connectivity index (χ0) is 20.0. The van der Waals surface area contributed by atoms with Gasteiger partial charge in [0.25, 0.3) is 0 Å². The molecule has 0 amide bonds. The fourth-order valence-corrected chi connectivity index (χ4v) is 4.60. The first-order valence-electron chi connectivity index (χ1n) is 9.80. The molecule has 5 rings (SSSR count). The lowest BCUT2D eigenvalue weighted by molar-refractivity contribution is 0.477. The van der Waals surface area contributed by atoms with Gasteiger partial charge in [0, 0.05) is 36.4 Å². The van der Waals surface area contributed by atoms with E-state index in [-0.39, 0.29) is 11.6 Å². The standard InChI is InChI=1S/C22H22FN5O/c23-14-5-7-15(8-6-14)28-16-9-10-17(28)13-27(12-16)20-11-19(25-26-22(20)24)18-3-1-2-4-21(18)29/h1-8,11,16-17,29H,9-10,12-13H2,(H2,24,26). The third-order valence-corrected chi connectivity index (χ3v) is 5.93. The summed E-state index contributed by atoms with van der Waals surface area (Å²) in [5.74, 6) is 0.338. The summed E-state index contributed by atoms with van der Waals surface area (Å²) in [5.41, 5.74) is 9.31. The second-order valence-electron chi connectivity index (χ2n) is 7.69. The van der Waals surface area contributed by atoms with Crippen LogP contribution in [-0.4, -0.2) is 40.5 Å². The molecule has 3 heterocycles. The number of hydrogen-bond acceptors (Lipinski definition) is 6. The van der Waals surface area contributed by atoms with Crippen molar-refractivity contribution >= 4 is 17.2 Å². The largest absolute Gasteiger partial charge is 0.507 e. The lowest BCUT2D eigenvalue weighted by atomic mass is 10.1. The maximum atomic E-state index is 13.3. The van der Waals surface area contributed by atoms with E-state index in [9.17, 15) is 9.50 Å². The van der Waals surface area contributed by atoms with Crippen LogP contribution in [0.1, 0.15) is 12.8 Å². The smallest absolute Gasteiger partial charge is 0.169 e. The van der Waals surface area contributed by atoms with E-state index < -0.39 is 0 Å². The predicted molar refractivity (Wildman–Crippen MR) is 111 cm³/mol. The Bertz CT molecular complexity index is 1030. The van der Waals surface area contributed by atoms with Crippen LogP contribution in [0.4, 0.5) is 21.6 Å². The summed E-state index contributed by atoms with van der Waals surface area (Å²) < 4.78 is 13.3. The Balaban J connectivity index is 1.44. The van der Waals surface area contributed by atoms with Gasteiger partial charge in [-0.2, -0.15) is 0 Å². The Morgan fingerprint density at radius 3 is 2.34 bits per heavy atom. The van der Waals surface area contributed by atoms with Crippen LogP contribution in [0.3, 0.4) is 0 Å². The van der Waals surface area contributed by atoms with Crippen LogP contribution < -0.4 is 15.5 Å². The van der Waals surface area contributed by atoms with Gasteiger partial charge in [0.2, 0.25) is 0 Å². The van der Waals surface area contributed by atoms with Crippen LogP contribution in [0, 0.1) is 5.82 Å². The van der Waals surface area contributed by atoms with Crippen LogP contribution in [-0.2, 0) is 0 Å². The maximum absolute atomic E-state index is 13.3. The van der Waals surface area contributed by atoms with Crippen LogP contribution in [0.2, 0.25) is 0 Å². The number of piperazine rings is 1. The van der Waals surface area contributed by atoms with Gasteiger partial charge >= 0.3 is 0 Å². The normalized spacial score (nSPS) is 20.9. The van der Waals surface area contributed by atoms with Gasteiger partial charge in [-0.25, -0.2) is 4.39 Å². The molecule has 2 fully saturated rings. The molecule has 7 heteroatoms. The Morgan fingerprint density at radius 2 is 1.66 bits per heavy atom. The van der Waals surface area contributed by atoms with Crippen molar-refractivity contribution < 1.29 is 9.50 Å². The Labute approximate surface area is 168 Å². The number of phenolic OH excluding ortho intramolecular Hbond substituents is 1. The second-order valence-corrected chi connectivity index (χ2v) is 7.69. The number of hydrogen-bond donors (Lipinski definition) is 2. The zero-order valence-electron chi connectivity index (χ0n) is 15.9. The molecule has 2 aromatic carbocycles. The van der Waals surface area contributed by atoms with Crippen molar-refractivity contribution in [2.75, 3.05) is 28.6 Å². The number of fused-ring (bicyclic) bond motifs is 2. The van der Waals surface area contributed by atoms with Crippen LogP contribution in [0.25, 0.3) is 11.3 Å². The number of rotatable bonds is 3. The highest BCUT2D eigenvalue weighted by Gasteiger charge is 2.40. The van der Waals surface area contributed by atoms with E-state index in [2.05, 4.69) is 20.0 Å². The number of aromatic nitrogens is 2. The number of anilines is 3. The molecule has 2 saturated heterocycles. The van der Waals surface area contributed by atoms with Crippen molar-refractivity contribution in [3.63, 3.8) is 0 Å². The van der Waals surface area contributed by atoms with Crippen molar-refractivity contribution in [1.82, 2.24) is 10.2 Å². The van der Waals surface area contributed by atoms with E-state index in [1.165, 1.54) is 12.1 Å². The van der Waals surface area contributed by atoms with Gasteiger partial charge in [-0.3, -0.25) is 0 Å². The van der Waals surface area contributed by atoms with E-state index in [1.807, 2.05) is 30.3 Å². The number of nitrogens with zero attached hydrogens (tertiary/aromatic N) is 4. The minimum absolute atomic E-state index is 0.165. The van der Waals surface area contributed by atoms with Gasteiger partial charge in [-0.1, -0.05) is 12.1 Å². The van der Waals surface area contributed by atoms with E-state index in [4.69, 9.17) is 5.73 Å². The molecule has 1 aromatic heterocycles. The molecule has 3 aromatic rings. The van der Waals surface area contributed by atoms with Crippen LogP contribution in [0.5, 0.6) is 5.75 Å². The van der Waals surface area contributed by atoms with Crippen molar-refractivity contribution in [2.45, 2.75) is 24.9 Å². The molecule has 2 unspecified atom stereocenters. The molecule has 0 aliphatic carbocycles. The summed E-state index contributed by atoms with van der Waals surface area (Å²) in [6.45, 7) is 1.62. The predicted octanol–water partition coefficient (Wildman–Crippen LogP) is 3.43. The summed E-state index contributed by atoms with van der Waals surface area (Å²) in [6.07, 6.45) is 2.17. The van der Waals surface area contributed by atoms with Crippen LogP contribution in [0.15, 0.2) is 54.6 Å². The molecule has 2 atom stereocenters. The second kappa shape index (κ2) is 6.92. The minimum atomic E-state index is -0.216. The van der Waals surface area contributed by atoms with E-state index >= 15 is 0 Å². The number of aromatic hydroxyl groups is 1. The van der Waals surface area contributed by atoms with Gasteiger partial charge < -0.3 is 20.6 Å². The molecule has 29 heavy (non-hydrogen) atoms. The summed E-state index contributed by atoms with van der Waals surface area (Å²) in [6, 6.07) is 16.4. The number of nitrogen functional groups attached to an aromatic ring is 1. The first-order chi connectivity index (χ1) is 14.1. The third kappa shape index (κ3) is 3.12. The Kier molecular flexibility index (Phi) is 4.23. The third-order valence-electron chi connectivity index (χ3n) is 5.93. The summed E-state index contributed by atoms with van der Waals surface area (Å²) in [4.78, 5) is 4.67. The number of nitrogens with two attached hydrogens (primary N) is 1. The first kappa shape index (κ1) is 17.7. The number of benzene rings is 2. The fraction of sp³-hybridized carbons (Fsp3) is 0.273. The average Bonchev–Trinajstić information content (AvgIpc) is 2.99.